The van der Waals surface area contributed by atoms with Crippen molar-refractivity contribution in [1.82, 2.24) is 5.32 Å². The van der Waals surface area contributed by atoms with Crippen LogP contribution in [0.4, 0.5) is 5.69 Å². The molecular formula is C15H22N2O4. The van der Waals surface area contributed by atoms with Crippen molar-refractivity contribution >= 4 is 5.69 Å². The summed E-state index contributed by atoms with van der Waals surface area (Å²) in [5.74, 6) is 0.251. The number of rotatable bonds is 6. The van der Waals surface area contributed by atoms with Gasteiger partial charge in [-0.2, -0.15) is 0 Å². The lowest BCUT2D eigenvalue weighted by Gasteiger charge is -2.28. The molecule has 0 aliphatic heterocycles. The normalized spacial score (nSPS) is 22.0. The first-order chi connectivity index (χ1) is 10.1. The van der Waals surface area contributed by atoms with Crippen LogP contribution in [-0.4, -0.2) is 28.8 Å². The Morgan fingerprint density at radius 3 is 2.86 bits per heavy atom. The Morgan fingerprint density at radius 2 is 2.19 bits per heavy atom. The van der Waals surface area contributed by atoms with Crippen LogP contribution in [0.15, 0.2) is 18.2 Å². The first-order valence-corrected chi connectivity index (χ1v) is 7.44. The summed E-state index contributed by atoms with van der Waals surface area (Å²) in [5, 5.41) is 24.3. The smallest absolute Gasteiger partial charge is 0.310 e. The summed E-state index contributed by atoms with van der Waals surface area (Å²) < 4.78 is 5.76. The monoisotopic (exact) mass is 294 g/mol. The molecule has 1 fully saturated rings. The molecule has 2 unspecified atom stereocenters. The number of aliphatic hydroxyl groups is 1. The Balaban J connectivity index is 2.19. The van der Waals surface area contributed by atoms with Gasteiger partial charge in [0.15, 0.2) is 5.75 Å². The van der Waals surface area contributed by atoms with Gasteiger partial charge in [-0.3, -0.25) is 10.1 Å². The van der Waals surface area contributed by atoms with Gasteiger partial charge in [0.05, 0.1) is 11.0 Å². The molecule has 6 nitrogen and oxygen atoms in total. The summed E-state index contributed by atoms with van der Waals surface area (Å²) in [5.41, 5.74) is 0.885. The highest BCUT2D eigenvalue weighted by molar-refractivity contribution is 5.48. The van der Waals surface area contributed by atoms with Gasteiger partial charge in [-0.25, -0.2) is 0 Å². The molecule has 0 saturated heterocycles. The third-order valence-corrected chi connectivity index (χ3v) is 3.75. The molecule has 0 spiro atoms. The predicted octanol–water partition coefficient (Wildman–Crippen LogP) is 2.39. The van der Waals surface area contributed by atoms with Gasteiger partial charge < -0.3 is 15.2 Å². The van der Waals surface area contributed by atoms with E-state index in [1.54, 1.807) is 12.1 Å². The van der Waals surface area contributed by atoms with Crippen molar-refractivity contribution in [3.05, 3.63) is 33.9 Å². The molecule has 2 rings (SSSR count). The standard InChI is InChI=1S/C15H22N2O4/c1-2-16-10-11-7-8-12(17(19)20)15(9-11)21-14-6-4-3-5-13(14)18/h7-9,13-14,16,18H,2-6,10H2,1H3. The number of aliphatic hydroxyl groups excluding tert-OH is 1. The summed E-state index contributed by atoms with van der Waals surface area (Å²) >= 11 is 0. The van der Waals surface area contributed by atoms with Crippen LogP contribution in [0.25, 0.3) is 0 Å². The number of nitrogens with zero attached hydrogens (tertiary/aromatic N) is 1. The van der Waals surface area contributed by atoms with Crippen LogP contribution in [0.2, 0.25) is 0 Å². The topological polar surface area (TPSA) is 84.6 Å². The average molecular weight is 294 g/mol. The van der Waals surface area contributed by atoms with Crippen molar-refractivity contribution < 1.29 is 14.8 Å². The average Bonchev–Trinajstić information content (AvgIpc) is 2.47. The molecule has 2 N–H and O–H groups in total. The van der Waals surface area contributed by atoms with Gasteiger partial charge in [0.1, 0.15) is 6.10 Å². The molecule has 0 radical (unpaired) electrons. The lowest BCUT2D eigenvalue weighted by Crippen LogP contribution is -2.34. The molecule has 0 amide bonds. The zero-order chi connectivity index (χ0) is 15.2. The van der Waals surface area contributed by atoms with Crippen LogP contribution in [0, 0.1) is 10.1 Å². The van der Waals surface area contributed by atoms with E-state index in [4.69, 9.17) is 4.74 Å². The Bertz CT molecular complexity index is 493. The van der Waals surface area contributed by atoms with Crippen molar-refractivity contribution in [2.75, 3.05) is 6.54 Å². The number of nitro benzene ring substituents is 1. The molecule has 116 valence electrons. The fourth-order valence-electron chi connectivity index (χ4n) is 2.56. The van der Waals surface area contributed by atoms with Crippen LogP contribution < -0.4 is 10.1 Å². The van der Waals surface area contributed by atoms with Crippen LogP contribution >= 0.6 is 0 Å². The summed E-state index contributed by atoms with van der Waals surface area (Å²) in [4.78, 5) is 10.7. The van der Waals surface area contributed by atoms with Gasteiger partial charge in [0, 0.05) is 12.6 Å². The van der Waals surface area contributed by atoms with E-state index in [1.165, 1.54) is 6.07 Å². The Labute approximate surface area is 124 Å². The number of nitro groups is 1. The fraction of sp³-hybridized carbons (Fsp3) is 0.600. The highest BCUT2D eigenvalue weighted by atomic mass is 16.6. The summed E-state index contributed by atoms with van der Waals surface area (Å²) in [7, 11) is 0. The quantitative estimate of drug-likeness (QED) is 0.621. The van der Waals surface area contributed by atoms with Crippen LogP contribution in [-0.2, 0) is 6.54 Å². The Hall–Kier alpha value is -1.66. The van der Waals surface area contributed by atoms with E-state index in [9.17, 15) is 15.2 Å². The highest BCUT2D eigenvalue weighted by Gasteiger charge is 2.27. The first kappa shape index (κ1) is 15.7. The van der Waals surface area contributed by atoms with Crippen molar-refractivity contribution in [3.8, 4) is 5.75 Å². The van der Waals surface area contributed by atoms with Gasteiger partial charge in [-0.05, 0) is 37.4 Å². The third-order valence-electron chi connectivity index (χ3n) is 3.75. The number of hydrogen-bond acceptors (Lipinski definition) is 5. The van der Waals surface area contributed by atoms with E-state index in [2.05, 4.69) is 5.32 Å². The van der Waals surface area contributed by atoms with Crippen LogP contribution in [0.3, 0.4) is 0 Å². The maximum Gasteiger partial charge on any atom is 0.310 e. The van der Waals surface area contributed by atoms with Crippen molar-refractivity contribution in [1.29, 1.82) is 0 Å². The minimum atomic E-state index is -0.546. The van der Waals surface area contributed by atoms with Gasteiger partial charge in [-0.1, -0.05) is 19.4 Å². The fourth-order valence-corrected chi connectivity index (χ4v) is 2.56. The number of hydrogen-bond donors (Lipinski definition) is 2. The minimum Gasteiger partial charge on any atom is -0.481 e. The molecular weight excluding hydrogens is 272 g/mol. The number of benzene rings is 1. The molecule has 0 heterocycles. The minimum absolute atomic E-state index is 0.0481. The summed E-state index contributed by atoms with van der Waals surface area (Å²) in [6.45, 7) is 3.47. The lowest BCUT2D eigenvalue weighted by atomic mass is 9.95. The second-order valence-electron chi connectivity index (χ2n) is 5.35. The molecule has 1 aromatic rings. The zero-order valence-corrected chi connectivity index (χ0v) is 12.2. The van der Waals surface area contributed by atoms with Gasteiger partial charge in [0.2, 0.25) is 0 Å². The van der Waals surface area contributed by atoms with E-state index < -0.39 is 11.0 Å². The maximum atomic E-state index is 11.1. The number of nitrogens with one attached hydrogen (secondary N) is 1. The van der Waals surface area contributed by atoms with Crippen molar-refractivity contribution in [3.63, 3.8) is 0 Å². The molecule has 21 heavy (non-hydrogen) atoms. The van der Waals surface area contributed by atoms with Gasteiger partial charge in [0.25, 0.3) is 0 Å². The molecule has 1 saturated carbocycles. The third kappa shape index (κ3) is 4.15. The molecule has 1 aliphatic rings. The van der Waals surface area contributed by atoms with Gasteiger partial charge in [-0.15, -0.1) is 0 Å². The van der Waals surface area contributed by atoms with E-state index >= 15 is 0 Å². The number of ether oxygens (including phenoxy) is 1. The predicted molar refractivity (Wildman–Crippen MR) is 79.4 cm³/mol. The second kappa shape index (κ2) is 7.38. The SMILES string of the molecule is CCNCc1ccc([N+](=O)[O-])c(OC2CCCCC2O)c1. The van der Waals surface area contributed by atoms with E-state index in [0.29, 0.717) is 13.0 Å². The molecule has 6 heteroatoms. The van der Waals surface area contributed by atoms with E-state index in [-0.39, 0.29) is 17.5 Å². The van der Waals surface area contributed by atoms with Crippen molar-refractivity contribution in [2.24, 2.45) is 0 Å². The zero-order valence-electron chi connectivity index (χ0n) is 12.2. The molecule has 1 aliphatic carbocycles. The lowest BCUT2D eigenvalue weighted by molar-refractivity contribution is -0.386. The Kier molecular flexibility index (Phi) is 5.52. The molecule has 0 bridgehead atoms. The van der Waals surface area contributed by atoms with Gasteiger partial charge >= 0.3 is 5.69 Å². The second-order valence-corrected chi connectivity index (χ2v) is 5.35. The van der Waals surface area contributed by atoms with Crippen molar-refractivity contribution in [2.45, 2.75) is 51.4 Å². The highest BCUT2D eigenvalue weighted by Crippen LogP contribution is 2.32. The maximum absolute atomic E-state index is 11.1. The Morgan fingerprint density at radius 1 is 1.43 bits per heavy atom. The molecule has 0 aromatic heterocycles. The van der Waals surface area contributed by atoms with Crippen LogP contribution in [0.1, 0.15) is 38.2 Å². The molecule has 1 aromatic carbocycles. The molecule has 2 atom stereocenters. The summed E-state index contributed by atoms with van der Waals surface area (Å²) in [6.07, 6.45) is 2.48. The van der Waals surface area contributed by atoms with E-state index in [1.807, 2.05) is 6.92 Å². The largest absolute Gasteiger partial charge is 0.481 e. The van der Waals surface area contributed by atoms with E-state index in [0.717, 1.165) is 31.4 Å². The summed E-state index contributed by atoms with van der Waals surface area (Å²) in [6, 6.07) is 4.89. The first-order valence-electron chi connectivity index (χ1n) is 7.44. The van der Waals surface area contributed by atoms with Crippen LogP contribution in [0.5, 0.6) is 5.75 Å².